The average Bonchev–Trinajstić information content (AvgIpc) is 3.92. The van der Waals surface area contributed by atoms with Crippen LogP contribution in [0.3, 0.4) is 0 Å². The Hall–Kier alpha value is -6.03. The number of aryl methyl sites for hydroxylation is 1. The lowest BCUT2D eigenvalue weighted by Crippen LogP contribution is -2.62. The van der Waals surface area contributed by atoms with Gasteiger partial charge in [0.2, 0.25) is 47.3 Å². The molecule has 2 heterocycles. The lowest BCUT2D eigenvalue weighted by atomic mass is 9.89. The molecule has 1 aliphatic carbocycles. The number of hydrogen-bond acceptors (Lipinski definition) is 13. The third-order valence-electron chi connectivity index (χ3n) is 15.7. The van der Waals surface area contributed by atoms with E-state index in [0.29, 0.717) is 50.9 Å². The molecule has 0 unspecified atom stereocenters. The van der Waals surface area contributed by atoms with Gasteiger partial charge in [0.1, 0.15) is 17.6 Å². The Morgan fingerprint density at radius 2 is 1.52 bits per heavy atom. The number of ether oxygens (including phenoxy) is 4. The molecule has 8 atom stereocenters. The molecule has 21 nitrogen and oxygen atoms in total. The van der Waals surface area contributed by atoms with Crippen LogP contribution in [0.15, 0.2) is 48.1 Å². The first kappa shape index (κ1) is 65.5. The summed E-state index contributed by atoms with van der Waals surface area (Å²) in [5.74, 6) is -5.07. The van der Waals surface area contributed by atoms with Crippen LogP contribution in [0, 0.1) is 17.8 Å². The molecule has 1 aromatic carbocycles. The monoisotopic (exact) mass is 1110 g/mol. The number of allylic oxidation sites excluding steroid dienone is 3. The fourth-order valence-electron chi connectivity index (χ4n) is 10.1. The summed E-state index contributed by atoms with van der Waals surface area (Å²) in [5.41, 5.74) is 0.981. The van der Waals surface area contributed by atoms with E-state index < -0.39 is 71.5 Å². The molecule has 21 heteroatoms. The van der Waals surface area contributed by atoms with Crippen molar-refractivity contribution in [1.82, 2.24) is 30.2 Å². The van der Waals surface area contributed by atoms with Gasteiger partial charge < -0.3 is 54.7 Å². The van der Waals surface area contributed by atoms with E-state index in [2.05, 4.69) is 16.0 Å². The number of nitrogens with one attached hydrogen (secondary N) is 3. The molecule has 79 heavy (non-hydrogen) atoms. The van der Waals surface area contributed by atoms with Gasteiger partial charge in [-0.1, -0.05) is 71.4 Å². The van der Waals surface area contributed by atoms with Crippen LogP contribution < -0.4 is 16.0 Å². The highest BCUT2D eigenvalue weighted by Gasteiger charge is 2.44. The third-order valence-corrected chi connectivity index (χ3v) is 15.7. The number of rotatable bonds is 33. The topological polar surface area (TPSA) is 260 Å². The number of anilines is 1. The molecule has 0 radical (unpaired) electrons. The molecule has 1 aromatic rings. The number of amides is 8. The molecular weight excluding hydrogens is 1020 g/mol. The Kier molecular flexibility index (Phi) is 26.3. The first-order valence-corrected chi connectivity index (χ1v) is 27.9. The normalized spacial score (nSPS) is 18.1. The maximum Gasteiger partial charge on any atom is 0.326 e. The molecule has 0 saturated carbocycles. The molecule has 2 aliphatic heterocycles. The fourth-order valence-corrected chi connectivity index (χ4v) is 10.1. The van der Waals surface area contributed by atoms with Crippen molar-refractivity contribution in [3.63, 3.8) is 0 Å². The summed E-state index contributed by atoms with van der Waals surface area (Å²) in [5, 5.41) is 18.4. The molecule has 8 amide bonds. The first-order valence-electron chi connectivity index (χ1n) is 27.9. The van der Waals surface area contributed by atoms with Crippen molar-refractivity contribution in [2.24, 2.45) is 17.8 Å². The predicted molar refractivity (Wildman–Crippen MR) is 296 cm³/mol. The van der Waals surface area contributed by atoms with Crippen LogP contribution in [0.1, 0.15) is 125 Å². The Morgan fingerprint density at radius 3 is 2.08 bits per heavy atom. The van der Waals surface area contributed by atoms with Gasteiger partial charge in [-0.05, 0) is 81.1 Å². The second-order valence-corrected chi connectivity index (χ2v) is 21.8. The molecule has 4 N–H and O–H groups in total. The van der Waals surface area contributed by atoms with Crippen molar-refractivity contribution in [3.05, 3.63) is 53.6 Å². The quantitative estimate of drug-likeness (QED) is 0.0552. The summed E-state index contributed by atoms with van der Waals surface area (Å²) in [4.78, 5) is 124. The molecular formula is C58H89N7O14. The number of benzene rings is 1. The SMILES string of the molecule is CC[C@H](C)[C@@H]([C@@H](CC(=O)N1CCC[C@H]1[C@H](OC)[C@@H](C)C(=O)N[C@@H](CC1=CCCC=C1)C(=O)O)OC)N(C)C(=O)[C@@H](NC(=O)C(C)(C)N(C)C(=O)CCOCCOCCC(=O)Nc1ccc(CCC(=O)N2CCC2=O)cc1)C(C)C. The van der Waals surface area contributed by atoms with Crippen LogP contribution in [0.2, 0.25) is 0 Å². The number of carbonyl (C=O) groups excluding carboxylic acids is 8. The average molecular weight is 1110 g/mol. The van der Waals surface area contributed by atoms with E-state index >= 15 is 0 Å². The number of carboxylic acid groups (broad SMARTS) is 1. The summed E-state index contributed by atoms with van der Waals surface area (Å²) in [6.45, 7) is 13.9. The van der Waals surface area contributed by atoms with E-state index in [-0.39, 0.29) is 99.9 Å². The molecule has 2 fully saturated rings. The van der Waals surface area contributed by atoms with Crippen LogP contribution in [-0.4, -0.2) is 188 Å². The second kappa shape index (κ2) is 31.7. The summed E-state index contributed by atoms with van der Waals surface area (Å²) in [6, 6.07) is 3.93. The zero-order valence-electron chi connectivity index (χ0n) is 48.5. The molecule has 0 spiro atoms. The molecule has 4 rings (SSSR count). The summed E-state index contributed by atoms with van der Waals surface area (Å²) < 4.78 is 23.1. The fraction of sp³-hybridized carbons (Fsp3) is 0.672. The van der Waals surface area contributed by atoms with Gasteiger partial charge in [0, 0.05) is 66.4 Å². The summed E-state index contributed by atoms with van der Waals surface area (Å²) >= 11 is 0. The minimum atomic E-state index is -1.38. The zero-order valence-corrected chi connectivity index (χ0v) is 48.5. The van der Waals surface area contributed by atoms with Gasteiger partial charge in [0.15, 0.2) is 0 Å². The summed E-state index contributed by atoms with van der Waals surface area (Å²) in [7, 11) is 6.13. The molecule has 0 aromatic heterocycles. The highest BCUT2D eigenvalue weighted by Crippen LogP contribution is 2.30. The van der Waals surface area contributed by atoms with Crippen molar-refractivity contribution < 1.29 is 67.2 Å². The molecule has 440 valence electrons. The van der Waals surface area contributed by atoms with Crippen LogP contribution in [0.4, 0.5) is 5.69 Å². The minimum absolute atomic E-state index is 0.0332. The zero-order chi connectivity index (χ0) is 58.6. The second-order valence-electron chi connectivity index (χ2n) is 21.8. The van der Waals surface area contributed by atoms with E-state index in [9.17, 15) is 48.3 Å². The van der Waals surface area contributed by atoms with E-state index in [4.69, 9.17) is 18.9 Å². The lowest BCUT2D eigenvalue weighted by Gasteiger charge is -2.41. The Labute approximate surface area is 466 Å². The van der Waals surface area contributed by atoms with Crippen molar-refractivity contribution >= 4 is 58.9 Å². The van der Waals surface area contributed by atoms with Crippen molar-refractivity contribution in [3.8, 4) is 0 Å². The predicted octanol–water partition coefficient (Wildman–Crippen LogP) is 4.66. The van der Waals surface area contributed by atoms with Crippen LogP contribution in [0.25, 0.3) is 0 Å². The highest BCUT2D eigenvalue weighted by molar-refractivity contribution is 5.99. The number of likely N-dealkylation sites (N-methyl/N-ethyl adjacent to an activating group) is 2. The molecule has 3 aliphatic rings. The maximum absolute atomic E-state index is 14.6. The van der Waals surface area contributed by atoms with Crippen LogP contribution in [0.5, 0.6) is 0 Å². The van der Waals surface area contributed by atoms with Crippen LogP contribution in [-0.2, 0) is 68.5 Å². The number of carboxylic acids is 1. The van der Waals surface area contributed by atoms with Gasteiger partial charge >= 0.3 is 5.97 Å². The number of carbonyl (C=O) groups is 9. The van der Waals surface area contributed by atoms with Gasteiger partial charge in [-0.15, -0.1) is 0 Å². The third kappa shape index (κ3) is 18.8. The highest BCUT2D eigenvalue weighted by atomic mass is 16.5. The van der Waals surface area contributed by atoms with Crippen molar-refractivity contribution in [2.75, 3.05) is 73.1 Å². The number of nitrogens with zero attached hydrogens (tertiary/aromatic N) is 4. The number of aliphatic carboxylic acids is 1. The van der Waals surface area contributed by atoms with Crippen LogP contribution >= 0.6 is 0 Å². The largest absolute Gasteiger partial charge is 0.480 e. The number of hydrogen-bond donors (Lipinski definition) is 4. The number of methoxy groups -OCH3 is 2. The molecule has 0 bridgehead atoms. The standard InChI is InChI=1S/C58H89N7O14/c1-12-38(4)52(45(76-10)36-50(70)64-29-16-19-44(64)53(77-11)39(5)54(71)60-43(56(73)74)35-41-17-14-13-15-18-41)62(8)55(72)51(37(2)3)61-57(75)58(6,7)63(9)47(67)28-32-79-34-33-78-31-27-46(66)59-42-23-20-40(21-24-42)22-25-48(68)65-30-26-49(65)69/h14,17-18,20-21,23-24,37-39,43-45,51-53H,12-13,15-16,19,22,25-36H2,1-11H3,(H,59,66)(H,60,71)(H,61,75)(H,73,74)/t38-,39+,43-,44-,45+,51-,52-,53+/m0/s1. The first-order chi connectivity index (χ1) is 37.5. The Balaban J connectivity index is 1.25. The van der Waals surface area contributed by atoms with Crippen molar-refractivity contribution in [1.29, 1.82) is 0 Å². The minimum Gasteiger partial charge on any atom is -0.480 e. The smallest absolute Gasteiger partial charge is 0.326 e. The number of imide groups is 1. The van der Waals surface area contributed by atoms with Gasteiger partial charge in [-0.2, -0.15) is 0 Å². The van der Waals surface area contributed by atoms with Crippen molar-refractivity contribution in [2.45, 2.75) is 167 Å². The Morgan fingerprint density at radius 1 is 0.848 bits per heavy atom. The number of likely N-dealkylation sites (tertiary alicyclic amines) is 2. The van der Waals surface area contributed by atoms with E-state index in [1.807, 2.05) is 58.1 Å². The Bertz CT molecular complexity index is 2320. The number of β-lactam (4-membered cyclic amide) rings is 1. The lowest BCUT2D eigenvalue weighted by molar-refractivity contribution is -0.152. The summed E-state index contributed by atoms with van der Waals surface area (Å²) in [6.07, 6.45) is 9.15. The van der Waals surface area contributed by atoms with Gasteiger partial charge in [0.05, 0.1) is 75.9 Å². The van der Waals surface area contributed by atoms with E-state index in [1.165, 1.54) is 31.1 Å². The molecule has 2 saturated heterocycles. The van der Waals surface area contributed by atoms with Gasteiger partial charge in [-0.25, -0.2) is 4.79 Å². The van der Waals surface area contributed by atoms with E-state index in [0.717, 1.165) is 24.0 Å². The van der Waals surface area contributed by atoms with Gasteiger partial charge in [-0.3, -0.25) is 43.3 Å². The van der Waals surface area contributed by atoms with Gasteiger partial charge in [0.25, 0.3) is 0 Å². The van der Waals surface area contributed by atoms with E-state index in [1.54, 1.807) is 49.8 Å². The maximum atomic E-state index is 14.6.